The van der Waals surface area contributed by atoms with Gasteiger partial charge < -0.3 is 10.1 Å². The number of alkyl halides is 3. The number of rotatable bonds is 7. The van der Waals surface area contributed by atoms with E-state index in [1.807, 2.05) is 14.0 Å². The van der Waals surface area contributed by atoms with Crippen LogP contribution >= 0.6 is 0 Å². The van der Waals surface area contributed by atoms with Crippen molar-refractivity contribution in [3.63, 3.8) is 0 Å². The van der Waals surface area contributed by atoms with E-state index in [1.165, 1.54) is 12.1 Å². The highest BCUT2D eigenvalue weighted by Gasteiger charge is 2.30. The minimum absolute atomic E-state index is 0.0581. The maximum absolute atomic E-state index is 12.5. The molecule has 0 bridgehead atoms. The highest BCUT2D eigenvalue weighted by Crippen LogP contribution is 2.30. The molecule has 1 atom stereocenters. The number of benzene rings is 1. The number of hydrogen-bond acceptors (Lipinski definition) is 2. The van der Waals surface area contributed by atoms with Gasteiger partial charge in [-0.1, -0.05) is 12.1 Å². The first-order valence-corrected chi connectivity index (χ1v) is 6.41. The van der Waals surface area contributed by atoms with Crippen molar-refractivity contribution in [1.82, 2.24) is 5.32 Å². The molecule has 0 aromatic heterocycles. The Morgan fingerprint density at radius 1 is 1.21 bits per heavy atom. The third kappa shape index (κ3) is 5.20. The van der Waals surface area contributed by atoms with E-state index in [9.17, 15) is 13.2 Å². The molecule has 0 saturated carbocycles. The summed E-state index contributed by atoms with van der Waals surface area (Å²) in [5.41, 5.74) is 0.257. The molecular formula is C14H20F3NO. The lowest BCUT2D eigenvalue weighted by Gasteiger charge is -2.17. The highest BCUT2D eigenvalue weighted by molar-refractivity contribution is 5.26. The molecule has 0 amide bonds. The molecule has 0 saturated heterocycles. The van der Waals surface area contributed by atoms with E-state index in [0.717, 1.165) is 30.5 Å². The summed E-state index contributed by atoms with van der Waals surface area (Å²) in [5, 5.41) is 3.12. The van der Waals surface area contributed by atoms with Gasteiger partial charge in [0.25, 0.3) is 0 Å². The van der Waals surface area contributed by atoms with E-state index in [2.05, 4.69) is 5.32 Å². The van der Waals surface area contributed by atoms with Crippen LogP contribution in [0, 0.1) is 0 Å². The van der Waals surface area contributed by atoms with Gasteiger partial charge in [-0.15, -0.1) is 0 Å². The fraction of sp³-hybridized carbons (Fsp3) is 0.571. The quantitative estimate of drug-likeness (QED) is 0.765. The van der Waals surface area contributed by atoms with Gasteiger partial charge in [-0.3, -0.25) is 0 Å². The van der Waals surface area contributed by atoms with Gasteiger partial charge in [-0.05, 0) is 44.5 Å². The van der Waals surface area contributed by atoms with Gasteiger partial charge in [-0.25, -0.2) is 0 Å². The molecular weight excluding hydrogens is 255 g/mol. The largest absolute Gasteiger partial charge is 0.416 e. The predicted octanol–water partition coefficient (Wildman–Crippen LogP) is 3.78. The first-order chi connectivity index (χ1) is 8.99. The normalized spacial score (nSPS) is 13.5. The molecule has 0 spiro atoms. The zero-order valence-corrected chi connectivity index (χ0v) is 11.3. The van der Waals surface area contributed by atoms with Crippen LogP contribution in [-0.4, -0.2) is 20.3 Å². The van der Waals surface area contributed by atoms with Gasteiger partial charge in [0.1, 0.15) is 0 Å². The number of hydrogen-bond donors (Lipinski definition) is 1. The topological polar surface area (TPSA) is 21.3 Å². The summed E-state index contributed by atoms with van der Waals surface area (Å²) in [5.74, 6) is 0. The van der Waals surface area contributed by atoms with Crippen molar-refractivity contribution >= 4 is 0 Å². The lowest BCUT2D eigenvalue weighted by molar-refractivity contribution is -0.137. The van der Waals surface area contributed by atoms with Crippen LogP contribution in [-0.2, 0) is 10.9 Å². The Labute approximate surface area is 112 Å². The predicted molar refractivity (Wildman–Crippen MR) is 69.0 cm³/mol. The maximum Gasteiger partial charge on any atom is 0.416 e. The van der Waals surface area contributed by atoms with Crippen LogP contribution < -0.4 is 5.32 Å². The Balaban J connectivity index is 2.61. The molecule has 1 rings (SSSR count). The average Bonchev–Trinajstić information content (AvgIpc) is 2.38. The van der Waals surface area contributed by atoms with E-state index in [-0.39, 0.29) is 6.04 Å². The van der Waals surface area contributed by atoms with E-state index < -0.39 is 11.7 Å². The fourth-order valence-electron chi connectivity index (χ4n) is 1.92. The van der Waals surface area contributed by atoms with E-state index in [0.29, 0.717) is 13.2 Å². The monoisotopic (exact) mass is 275 g/mol. The van der Waals surface area contributed by atoms with Crippen LogP contribution in [0.5, 0.6) is 0 Å². The van der Waals surface area contributed by atoms with Gasteiger partial charge >= 0.3 is 6.18 Å². The van der Waals surface area contributed by atoms with Crippen molar-refractivity contribution in [1.29, 1.82) is 0 Å². The summed E-state index contributed by atoms with van der Waals surface area (Å²) in [4.78, 5) is 0. The first-order valence-electron chi connectivity index (χ1n) is 6.41. The third-order valence-corrected chi connectivity index (χ3v) is 2.97. The van der Waals surface area contributed by atoms with Crippen LogP contribution in [0.4, 0.5) is 13.2 Å². The standard InChI is InChI=1S/C14H20F3NO/c1-3-19-10-4-5-13(18-2)11-6-8-12(9-7-11)14(15,16)17/h6-9,13,18H,3-5,10H2,1-2H3. The Morgan fingerprint density at radius 3 is 2.32 bits per heavy atom. The zero-order valence-electron chi connectivity index (χ0n) is 11.3. The zero-order chi connectivity index (χ0) is 14.3. The van der Waals surface area contributed by atoms with Crippen molar-refractivity contribution in [3.05, 3.63) is 35.4 Å². The Morgan fingerprint density at radius 2 is 1.84 bits per heavy atom. The van der Waals surface area contributed by atoms with Gasteiger partial charge in [0.2, 0.25) is 0 Å². The summed E-state index contributed by atoms with van der Waals surface area (Å²) in [7, 11) is 1.81. The number of halogens is 3. The third-order valence-electron chi connectivity index (χ3n) is 2.97. The average molecular weight is 275 g/mol. The van der Waals surface area contributed by atoms with E-state index >= 15 is 0 Å². The fourth-order valence-corrected chi connectivity index (χ4v) is 1.92. The Kier molecular flexibility index (Phi) is 6.31. The highest BCUT2D eigenvalue weighted by atomic mass is 19.4. The number of nitrogens with one attached hydrogen (secondary N) is 1. The number of ether oxygens (including phenoxy) is 1. The van der Waals surface area contributed by atoms with Crippen LogP contribution in [0.25, 0.3) is 0 Å². The lowest BCUT2D eigenvalue weighted by Crippen LogP contribution is -2.17. The summed E-state index contributed by atoms with van der Waals surface area (Å²) in [6.45, 7) is 3.30. The van der Waals surface area contributed by atoms with Gasteiger partial charge in [0.15, 0.2) is 0 Å². The molecule has 0 aliphatic rings. The molecule has 0 fully saturated rings. The molecule has 2 nitrogen and oxygen atoms in total. The maximum atomic E-state index is 12.5. The molecule has 19 heavy (non-hydrogen) atoms. The molecule has 108 valence electrons. The van der Waals surface area contributed by atoms with Crippen molar-refractivity contribution in [2.45, 2.75) is 32.0 Å². The first kappa shape index (κ1) is 16.0. The van der Waals surface area contributed by atoms with Crippen molar-refractivity contribution in [3.8, 4) is 0 Å². The second kappa shape index (κ2) is 7.50. The second-order valence-electron chi connectivity index (χ2n) is 4.30. The minimum atomic E-state index is -4.28. The Hall–Kier alpha value is -1.07. The van der Waals surface area contributed by atoms with Crippen molar-refractivity contribution in [2.24, 2.45) is 0 Å². The van der Waals surface area contributed by atoms with Crippen molar-refractivity contribution < 1.29 is 17.9 Å². The van der Waals surface area contributed by atoms with Crippen LogP contribution in [0.15, 0.2) is 24.3 Å². The molecule has 0 heterocycles. The molecule has 1 aromatic carbocycles. The summed E-state index contributed by atoms with van der Waals surface area (Å²) >= 11 is 0. The molecule has 0 radical (unpaired) electrons. The summed E-state index contributed by atoms with van der Waals surface area (Å²) in [6.07, 6.45) is -2.56. The van der Waals surface area contributed by atoms with Crippen LogP contribution in [0.3, 0.4) is 0 Å². The summed E-state index contributed by atoms with van der Waals surface area (Å²) < 4.78 is 42.6. The SMILES string of the molecule is CCOCCCC(NC)c1ccc(C(F)(F)F)cc1. The molecule has 1 unspecified atom stereocenters. The minimum Gasteiger partial charge on any atom is -0.382 e. The van der Waals surface area contributed by atoms with Crippen molar-refractivity contribution in [2.75, 3.05) is 20.3 Å². The van der Waals surface area contributed by atoms with E-state index in [4.69, 9.17) is 4.74 Å². The van der Waals surface area contributed by atoms with Crippen LogP contribution in [0.2, 0.25) is 0 Å². The van der Waals surface area contributed by atoms with Gasteiger partial charge in [0.05, 0.1) is 5.56 Å². The molecule has 0 aliphatic carbocycles. The second-order valence-corrected chi connectivity index (χ2v) is 4.30. The molecule has 0 aliphatic heterocycles. The molecule has 5 heteroatoms. The molecule has 1 N–H and O–H groups in total. The Bertz CT molecular complexity index is 362. The summed E-state index contributed by atoms with van der Waals surface area (Å²) in [6, 6.07) is 5.38. The van der Waals surface area contributed by atoms with Crippen LogP contribution in [0.1, 0.15) is 36.9 Å². The van der Waals surface area contributed by atoms with Gasteiger partial charge in [0, 0.05) is 19.3 Å². The van der Waals surface area contributed by atoms with Gasteiger partial charge in [-0.2, -0.15) is 13.2 Å². The molecule has 1 aromatic rings. The lowest BCUT2D eigenvalue weighted by atomic mass is 10.0. The van der Waals surface area contributed by atoms with E-state index in [1.54, 1.807) is 0 Å². The smallest absolute Gasteiger partial charge is 0.382 e.